The Kier molecular flexibility index (Phi) is 4.89. The molecule has 1 fully saturated rings. The Balaban J connectivity index is 1.46. The zero-order chi connectivity index (χ0) is 18.9. The van der Waals surface area contributed by atoms with Gasteiger partial charge in [0.2, 0.25) is 0 Å². The second-order valence-corrected chi connectivity index (χ2v) is 7.62. The lowest BCUT2D eigenvalue weighted by Gasteiger charge is -2.33. The fraction of sp³-hybridized carbons (Fsp3) is 0.364. The van der Waals surface area contributed by atoms with Crippen LogP contribution in [0.4, 0.5) is 4.39 Å². The number of rotatable bonds is 6. The van der Waals surface area contributed by atoms with Crippen molar-refractivity contribution >= 4 is 10.9 Å². The lowest BCUT2D eigenvalue weighted by Crippen LogP contribution is -2.40. The Labute approximate surface area is 158 Å². The molecule has 2 N–H and O–H groups in total. The van der Waals surface area contributed by atoms with E-state index in [9.17, 15) is 9.50 Å². The lowest BCUT2D eigenvalue weighted by molar-refractivity contribution is 0.159. The Bertz CT molecular complexity index is 914. The molecule has 0 radical (unpaired) electrons. The van der Waals surface area contributed by atoms with E-state index in [-0.39, 0.29) is 17.0 Å². The van der Waals surface area contributed by atoms with E-state index in [0.717, 1.165) is 49.0 Å². The summed E-state index contributed by atoms with van der Waals surface area (Å²) in [5.74, 6) is 0.0823. The highest BCUT2D eigenvalue weighted by molar-refractivity contribution is 5.84. The van der Waals surface area contributed by atoms with Crippen molar-refractivity contribution in [1.82, 2.24) is 9.88 Å². The molecular formula is C22H25FN2O2. The van der Waals surface area contributed by atoms with Crippen molar-refractivity contribution in [3.63, 3.8) is 0 Å². The monoisotopic (exact) mass is 368 g/mol. The zero-order valence-corrected chi connectivity index (χ0v) is 15.5. The lowest BCUT2D eigenvalue weighted by atomic mass is 9.79. The third kappa shape index (κ3) is 3.70. The second-order valence-electron chi connectivity index (χ2n) is 7.62. The summed E-state index contributed by atoms with van der Waals surface area (Å²) in [7, 11) is 2.12. The molecule has 27 heavy (non-hydrogen) atoms. The number of nitrogens with one attached hydrogen (secondary N) is 1. The molecule has 0 aliphatic carbocycles. The quantitative estimate of drug-likeness (QED) is 0.695. The van der Waals surface area contributed by atoms with E-state index < -0.39 is 0 Å². The van der Waals surface area contributed by atoms with Gasteiger partial charge >= 0.3 is 0 Å². The highest BCUT2D eigenvalue weighted by atomic mass is 19.1. The zero-order valence-electron chi connectivity index (χ0n) is 15.5. The number of hydrogen-bond acceptors (Lipinski definition) is 3. The van der Waals surface area contributed by atoms with Crippen molar-refractivity contribution in [1.29, 1.82) is 0 Å². The smallest absolute Gasteiger partial charge is 0.123 e. The van der Waals surface area contributed by atoms with Crippen LogP contribution < -0.4 is 0 Å². The van der Waals surface area contributed by atoms with Gasteiger partial charge < -0.3 is 19.7 Å². The summed E-state index contributed by atoms with van der Waals surface area (Å²) in [6.07, 6.45) is 3.86. The molecule has 1 aliphatic rings. The molecule has 0 amide bonds. The Morgan fingerprint density at radius 3 is 2.78 bits per heavy atom. The molecule has 1 atom stereocenters. The summed E-state index contributed by atoms with van der Waals surface area (Å²) in [5, 5.41) is 10.8. The van der Waals surface area contributed by atoms with Crippen LogP contribution in [0.1, 0.15) is 17.5 Å². The van der Waals surface area contributed by atoms with Gasteiger partial charge in [-0.1, -0.05) is 12.1 Å². The van der Waals surface area contributed by atoms with Crippen molar-refractivity contribution in [2.75, 3.05) is 33.4 Å². The van der Waals surface area contributed by atoms with Gasteiger partial charge in [0.15, 0.2) is 0 Å². The highest BCUT2D eigenvalue weighted by Crippen LogP contribution is 2.34. The number of likely N-dealkylation sites (N-methyl/N-ethyl adjacent to an activating group) is 1. The van der Waals surface area contributed by atoms with Crippen LogP contribution in [-0.4, -0.2) is 48.3 Å². The number of aromatic amines is 1. The first kappa shape index (κ1) is 18.0. The largest absolute Gasteiger partial charge is 0.508 e. The molecular weight excluding hydrogens is 343 g/mol. The molecule has 4 rings (SSSR count). The number of benzene rings is 2. The van der Waals surface area contributed by atoms with E-state index in [0.29, 0.717) is 6.61 Å². The molecule has 5 heteroatoms. The molecule has 4 nitrogen and oxygen atoms in total. The van der Waals surface area contributed by atoms with E-state index in [1.165, 1.54) is 17.7 Å². The van der Waals surface area contributed by atoms with Crippen molar-refractivity contribution in [3.8, 4) is 5.75 Å². The van der Waals surface area contributed by atoms with Crippen molar-refractivity contribution in [2.45, 2.75) is 18.3 Å². The molecule has 1 aromatic heterocycles. The molecule has 1 aliphatic heterocycles. The number of nitrogens with zero attached hydrogens (tertiary/aromatic N) is 1. The van der Waals surface area contributed by atoms with Gasteiger partial charge in [0.05, 0.1) is 6.61 Å². The minimum absolute atomic E-state index is 0.0824. The molecule has 0 spiro atoms. The first-order valence-corrected chi connectivity index (χ1v) is 9.37. The van der Waals surface area contributed by atoms with Crippen LogP contribution in [0.15, 0.2) is 48.7 Å². The van der Waals surface area contributed by atoms with Crippen LogP contribution in [-0.2, 0) is 16.6 Å². The number of hydrogen-bond donors (Lipinski definition) is 2. The average molecular weight is 368 g/mol. The van der Waals surface area contributed by atoms with E-state index in [2.05, 4.69) is 16.9 Å². The predicted octanol–water partition coefficient (Wildman–Crippen LogP) is 3.85. The van der Waals surface area contributed by atoms with Crippen LogP contribution >= 0.6 is 0 Å². The molecule has 0 unspecified atom stereocenters. The predicted molar refractivity (Wildman–Crippen MR) is 105 cm³/mol. The molecule has 142 valence electrons. The SMILES string of the molecule is CN(CCc1c[nH]c2ccc(O)cc12)C[C@]1(c2ccc(F)cc2)CCOC1. The van der Waals surface area contributed by atoms with Crippen LogP contribution in [0, 0.1) is 5.82 Å². The van der Waals surface area contributed by atoms with Gasteiger partial charge in [0.1, 0.15) is 11.6 Å². The van der Waals surface area contributed by atoms with Gasteiger partial charge in [-0.15, -0.1) is 0 Å². The van der Waals surface area contributed by atoms with Gasteiger partial charge in [0.25, 0.3) is 0 Å². The fourth-order valence-corrected chi connectivity index (χ4v) is 4.13. The van der Waals surface area contributed by atoms with Crippen LogP contribution in [0.5, 0.6) is 5.75 Å². The van der Waals surface area contributed by atoms with Crippen molar-refractivity contribution in [3.05, 3.63) is 65.6 Å². The third-order valence-electron chi connectivity index (χ3n) is 5.65. The second kappa shape index (κ2) is 7.33. The number of fused-ring (bicyclic) bond motifs is 1. The summed E-state index contributed by atoms with van der Waals surface area (Å²) in [6.45, 7) is 3.18. The molecule has 3 aromatic rings. The third-order valence-corrected chi connectivity index (χ3v) is 5.65. The van der Waals surface area contributed by atoms with Gasteiger partial charge in [-0.2, -0.15) is 0 Å². The maximum absolute atomic E-state index is 13.3. The minimum Gasteiger partial charge on any atom is -0.508 e. The van der Waals surface area contributed by atoms with Crippen molar-refractivity contribution < 1.29 is 14.2 Å². The number of phenols is 1. The van der Waals surface area contributed by atoms with Crippen LogP contribution in [0.3, 0.4) is 0 Å². The van der Waals surface area contributed by atoms with Crippen molar-refractivity contribution in [2.24, 2.45) is 0 Å². The fourth-order valence-electron chi connectivity index (χ4n) is 4.13. The average Bonchev–Trinajstić information content (AvgIpc) is 3.28. The standard InChI is InChI=1S/C22H25FN2O2/c1-25(10-8-16-13-24-21-7-6-19(26)12-20(16)21)14-22(9-11-27-15-22)17-2-4-18(23)5-3-17/h2-7,12-13,24,26H,8-11,14-15H2,1H3/t22-/m1/s1. The van der Waals surface area contributed by atoms with E-state index >= 15 is 0 Å². The number of H-pyrrole nitrogens is 1. The first-order chi connectivity index (χ1) is 13.1. The van der Waals surface area contributed by atoms with Gasteiger partial charge in [-0.3, -0.25) is 0 Å². The Morgan fingerprint density at radius 1 is 1.22 bits per heavy atom. The van der Waals surface area contributed by atoms with Crippen LogP contribution in [0.2, 0.25) is 0 Å². The van der Waals surface area contributed by atoms with E-state index in [1.54, 1.807) is 6.07 Å². The normalized spacial score (nSPS) is 20.0. The molecule has 0 saturated carbocycles. The number of aromatic nitrogens is 1. The molecule has 2 heterocycles. The van der Waals surface area contributed by atoms with E-state index in [4.69, 9.17) is 4.74 Å². The minimum atomic E-state index is -0.205. The number of halogens is 1. The van der Waals surface area contributed by atoms with Gasteiger partial charge in [-0.25, -0.2) is 4.39 Å². The van der Waals surface area contributed by atoms with Crippen LogP contribution in [0.25, 0.3) is 10.9 Å². The van der Waals surface area contributed by atoms with E-state index in [1.807, 2.05) is 30.5 Å². The molecule has 2 aromatic carbocycles. The van der Waals surface area contributed by atoms with Gasteiger partial charge in [-0.05, 0) is 61.3 Å². The summed E-state index contributed by atoms with van der Waals surface area (Å²) in [5.41, 5.74) is 3.30. The maximum Gasteiger partial charge on any atom is 0.123 e. The number of phenolic OH excluding ortho intramolecular Hbond substituents is 1. The maximum atomic E-state index is 13.3. The topological polar surface area (TPSA) is 48.5 Å². The summed E-state index contributed by atoms with van der Waals surface area (Å²) >= 11 is 0. The number of aromatic hydroxyl groups is 1. The summed E-state index contributed by atoms with van der Waals surface area (Å²) < 4.78 is 19.0. The Hall–Kier alpha value is -2.37. The molecule has 0 bridgehead atoms. The summed E-state index contributed by atoms with van der Waals surface area (Å²) in [4.78, 5) is 5.58. The highest BCUT2D eigenvalue weighted by Gasteiger charge is 2.37. The Morgan fingerprint density at radius 2 is 2.04 bits per heavy atom. The van der Waals surface area contributed by atoms with Gasteiger partial charge in [0, 0.05) is 42.2 Å². The first-order valence-electron chi connectivity index (χ1n) is 9.37. The molecule has 1 saturated heterocycles. The summed E-state index contributed by atoms with van der Waals surface area (Å²) in [6, 6.07) is 12.3. The number of ether oxygens (including phenoxy) is 1.